The van der Waals surface area contributed by atoms with Crippen LogP contribution in [-0.2, 0) is 11.2 Å². The maximum absolute atomic E-state index is 5.67. The molecule has 0 aliphatic carbocycles. The fourth-order valence-electron chi connectivity index (χ4n) is 1.90. The van der Waals surface area contributed by atoms with E-state index in [2.05, 4.69) is 11.9 Å². The first-order valence-electron chi connectivity index (χ1n) is 5.56. The van der Waals surface area contributed by atoms with Gasteiger partial charge < -0.3 is 14.9 Å². The molecule has 1 aliphatic rings. The molecule has 2 heterocycles. The molecule has 2 unspecified atom stereocenters. The molecule has 1 aromatic heterocycles. The van der Waals surface area contributed by atoms with Crippen molar-refractivity contribution in [2.75, 3.05) is 13.2 Å². The molecule has 0 saturated carbocycles. The lowest BCUT2D eigenvalue weighted by Gasteiger charge is -2.01. The molecule has 2 rings (SSSR count). The van der Waals surface area contributed by atoms with Crippen molar-refractivity contribution in [1.82, 2.24) is 4.98 Å². The van der Waals surface area contributed by atoms with Gasteiger partial charge in [-0.3, -0.25) is 0 Å². The van der Waals surface area contributed by atoms with Gasteiger partial charge in [0.2, 0.25) is 0 Å². The van der Waals surface area contributed by atoms with Gasteiger partial charge in [0, 0.05) is 12.3 Å². The first-order valence-corrected chi connectivity index (χ1v) is 5.56. The average molecular weight is 210 g/mol. The largest absolute Gasteiger partial charge is 0.445 e. The van der Waals surface area contributed by atoms with Gasteiger partial charge >= 0.3 is 0 Å². The first-order chi connectivity index (χ1) is 7.29. The molecule has 0 amide bonds. The van der Waals surface area contributed by atoms with Crippen molar-refractivity contribution in [3.63, 3.8) is 0 Å². The van der Waals surface area contributed by atoms with Crippen molar-refractivity contribution >= 4 is 0 Å². The molecule has 1 aromatic rings. The van der Waals surface area contributed by atoms with Gasteiger partial charge in [-0.1, -0.05) is 0 Å². The maximum atomic E-state index is 5.67. The van der Waals surface area contributed by atoms with Crippen molar-refractivity contribution in [1.29, 1.82) is 0 Å². The summed E-state index contributed by atoms with van der Waals surface area (Å²) in [4.78, 5) is 4.25. The summed E-state index contributed by atoms with van der Waals surface area (Å²) in [5.74, 6) is 2.15. The lowest BCUT2D eigenvalue weighted by atomic mass is 10.0. The predicted octanol–water partition coefficient (Wildman–Crippen LogP) is 1.46. The molecule has 1 saturated heterocycles. The number of rotatable bonds is 4. The van der Waals surface area contributed by atoms with Crippen LogP contribution in [0.25, 0.3) is 0 Å². The van der Waals surface area contributed by atoms with E-state index in [1.54, 1.807) is 0 Å². The second-order valence-electron chi connectivity index (χ2n) is 4.13. The second kappa shape index (κ2) is 4.77. The van der Waals surface area contributed by atoms with E-state index in [-0.39, 0.29) is 0 Å². The molecule has 0 spiro atoms. The Morgan fingerprint density at radius 3 is 3.13 bits per heavy atom. The van der Waals surface area contributed by atoms with Gasteiger partial charge in [-0.25, -0.2) is 4.98 Å². The summed E-state index contributed by atoms with van der Waals surface area (Å²) in [6.07, 6.45) is 4.97. The zero-order valence-corrected chi connectivity index (χ0v) is 9.11. The molecule has 0 bridgehead atoms. The van der Waals surface area contributed by atoms with Gasteiger partial charge in [-0.05, 0) is 26.3 Å². The Balaban J connectivity index is 1.94. The Hall–Kier alpha value is -0.870. The summed E-state index contributed by atoms with van der Waals surface area (Å²) in [6, 6.07) is 0. The van der Waals surface area contributed by atoms with E-state index < -0.39 is 0 Å². The van der Waals surface area contributed by atoms with Crippen molar-refractivity contribution in [2.45, 2.75) is 38.2 Å². The standard InChI is InChI=1S/C11H18N2O2/c1-8-5-9(7-14-8)10-6-13-11(15-10)3-2-4-12/h6,8-9H,2-5,7,12H2,1H3. The summed E-state index contributed by atoms with van der Waals surface area (Å²) in [7, 11) is 0. The highest BCUT2D eigenvalue weighted by atomic mass is 16.5. The highest BCUT2D eigenvalue weighted by Gasteiger charge is 2.26. The number of oxazole rings is 1. The number of nitrogens with two attached hydrogens (primary N) is 1. The van der Waals surface area contributed by atoms with E-state index in [1.165, 1.54) is 0 Å². The summed E-state index contributed by atoms with van der Waals surface area (Å²) in [5, 5.41) is 0. The highest BCUT2D eigenvalue weighted by molar-refractivity contribution is 5.04. The fourth-order valence-corrected chi connectivity index (χ4v) is 1.90. The van der Waals surface area contributed by atoms with Crippen molar-refractivity contribution in [3.8, 4) is 0 Å². The molecule has 2 atom stereocenters. The summed E-state index contributed by atoms with van der Waals surface area (Å²) in [5.41, 5.74) is 5.43. The number of hydrogen-bond donors (Lipinski definition) is 1. The third kappa shape index (κ3) is 2.58. The van der Waals surface area contributed by atoms with Gasteiger partial charge in [0.15, 0.2) is 5.89 Å². The molecule has 0 aromatic carbocycles. The minimum Gasteiger partial charge on any atom is -0.445 e. The molecule has 1 fully saturated rings. The van der Waals surface area contributed by atoms with Crippen LogP contribution >= 0.6 is 0 Å². The maximum Gasteiger partial charge on any atom is 0.194 e. The van der Waals surface area contributed by atoms with Gasteiger partial charge in [-0.2, -0.15) is 0 Å². The van der Waals surface area contributed by atoms with Crippen molar-refractivity contribution in [3.05, 3.63) is 17.8 Å². The van der Waals surface area contributed by atoms with Crippen LogP contribution in [-0.4, -0.2) is 24.2 Å². The third-order valence-electron chi connectivity index (χ3n) is 2.77. The van der Waals surface area contributed by atoms with Gasteiger partial charge in [0.25, 0.3) is 0 Å². The normalized spacial score (nSPS) is 26.0. The second-order valence-corrected chi connectivity index (χ2v) is 4.13. The number of hydrogen-bond acceptors (Lipinski definition) is 4. The Morgan fingerprint density at radius 2 is 2.47 bits per heavy atom. The number of nitrogens with zero attached hydrogens (tertiary/aromatic N) is 1. The number of ether oxygens (including phenoxy) is 1. The van der Waals surface area contributed by atoms with Crippen LogP contribution in [0.1, 0.15) is 37.3 Å². The molecule has 4 nitrogen and oxygen atoms in total. The predicted molar refractivity (Wildman–Crippen MR) is 56.7 cm³/mol. The van der Waals surface area contributed by atoms with E-state index in [1.807, 2.05) is 6.20 Å². The number of aryl methyl sites for hydroxylation is 1. The first kappa shape index (κ1) is 10.6. The van der Waals surface area contributed by atoms with Crippen LogP contribution in [0.3, 0.4) is 0 Å². The summed E-state index contributed by atoms with van der Waals surface area (Å²) in [6.45, 7) is 3.53. The summed E-state index contributed by atoms with van der Waals surface area (Å²) >= 11 is 0. The van der Waals surface area contributed by atoms with Crippen LogP contribution in [0, 0.1) is 0 Å². The van der Waals surface area contributed by atoms with E-state index in [0.717, 1.165) is 37.5 Å². The SMILES string of the molecule is CC1CC(c2cnc(CCCN)o2)CO1. The molecule has 84 valence electrons. The monoisotopic (exact) mass is 210 g/mol. The minimum absolute atomic E-state index is 0.340. The van der Waals surface area contributed by atoms with E-state index in [0.29, 0.717) is 18.6 Å². The zero-order chi connectivity index (χ0) is 10.7. The van der Waals surface area contributed by atoms with Crippen molar-refractivity contribution < 1.29 is 9.15 Å². The molecular formula is C11H18N2O2. The third-order valence-corrected chi connectivity index (χ3v) is 2.77. The van der Waals surface area contributed by atoms with E-state index in [9.17, 15) is 0 Å². The average Bonchev–Trinajstić information content (AvgIpc) is 2.83. The number of aromatic nitrogens is 1. The molecule has 0 radical (unpaired) electrons. The Kier molecular flexibility index (Phi) is 3.38. The fraction of sp³-hybridized carbons (Fsp3) is 0.727. The molecule has 2 N–H and O–H groups in total. The van der Waals surface area contributed by atoms with Crippen LogP contribution in [0.5, 0.6) is 0 Å². The minimum atomic E-state index is 0.340. The van der Waals surface area contributed by atoms with Crippen LogP contribution in [0.4, 0.5) is 0 Å². The van der Waals surface area contributed by atoms with E-state index in [4.69, 9.17) is 14.9 Å². The van der Waals surface area contributed by atoms with Gasteiger partial charge in [0.1, 0.15) is 5.76 Å². The van der Waals surface area contributed by atoms with Gasteiger partial charge in [0.05, 0.1) is 18.9 Å². The quantitative estimate of drug-likeness (QED) is 0.817. The van der Waals surface area contributed by atoms with E-state index >= 15 is 0 Å². The topological polar surface area (TPSA) is 61.3 Å². The molecule has 4 heteroatoms. The van der Waals surface area contributed by atoms with Crippen LogP contribution in [0.15, 0.2) is 10.6 Å². The lowest BCUT2D eigenvalue weighted by molar-refractivity contribution is 0.122. The lowest BCUT2D eigenvalue weighted by Crippen LogP contribution is -2.00. The molecular weight excluding hydrogens is 192 g/mol. The molecule has 15 heavy (non-hydrogen) atoms. The summed E-state index contributed by atoms with van der Waals surface area (Å²) < 4.78 is 11.2. The Bertz CT molecular complexity index is 311. The molecule has 1 aliphatic heterocycles. The zero-order valence-electron chi connectivity index (χ0n) is 9.11. The Morgan fingerprint density at radius 1 is 1.60 bits per heavy atom. The van der Waals surface area contributed by atoms with Crippen LogP contribution in [0.2, 0.25) is 0 Å². The van der Waals surface area contributed by atoms with Crippen LogP contribution < -0.4 is 5.73 Å². The highest BCUT2D eigenvalue weighted by Crippen LogP contribution is 2.29. The van der Waals surface area contributed by atoms with Gasteiger partial charge in [-0.15, -0.1) is 0 Å². The van der Waals surface area contributed by atoms with Crippen molar-refractivity contribution in [2.24, 2.45) is 5.73 Å². The Labute approximate surface area is 89.8 Å². The smallest absolute Gasteiger partial charge is 0.194 e.